The van der Waals surface area contributed by atoms with Gasteiger partial charge < -0.3 is 9.64 Å². The standard InChI is InChI=1S/C21H26N2O2S/c1-25-17-9-7-16(8-10-17)21-22-18-12-13-23(14-19(18)26-21)20(24)11-6-15-4-2-3-5-15/h7-10,15H,2-6,11-14H2,1H3. The van der Waals surface area contributed by atoms with Crippen LogP contribution >= 0.6 is 11.3 Å². The maximum Gasteiger partial charge on any atom is 0.222 e. The van der Waals surface area contributed by atoms with Crippen molar-refractivity contribution in [3.8, 4) is 16.3 Å². The Morgan fingerprint density at radius 1 is 1.27 bits per heavy atom. The molecule has 138 valence electrons. The van der Waals surface area contributed by atoms with Crippen molar-refractivity contribution in [2.24, 2.45) is 5.92 Å². The minimum atomic E-state index is 0.321. The Hall–Kier alpha value is -1.88. The summed E-state index contributed by atoms with van der Waals surface area (Å²) in [6, 6.07) is 8.03. The van der Waals surface area contributed by atoms with Gasteiger partial charge in [-0.25, -0.2) is 4.98 Å². The van der Waals surface area contributed by atoms with Crippen LogP contribution in [-0.2, 0) is 17.8 Å². The molecule has 0 bridgehead atoms. The molecule has 5 heteroatoms. The second kappa shape index (κ2) is 7.78. The van der Waals surface area contributed by atoms with Crippen molar-refractivity contribution < 1.29 is 9.53 Å². The number of hydrogen-bond acceptors (Lipinski definition) is 4. The Labute approximate surface area is 159 Å². The predicted octanol–water partition coefficient (Wildman–Crippen LogP) is 4.67. The first-order valence-electron chi connectivity index (χ1n) is 9.63. The van der Waals surface area contributed by atoms with E-state index in [1.807, 2.05) is 29.2 Å². The molecule has 2 heterocycles. The van der Waals surface area contributed by atoms with Crippen molar-refractivity contribution in [2.75, 3.05) is 13.7 Å². The highest BCUT2D eigenvalue weighted by atomic mass is 32.1. The molecule has 1 aliphatic heterocycles. The number of methoxy groups -OCH3 is 1. The van der Waals surface area contributed by atoms with Gasteiger partial charge >= 0.3 is 0 Å². The fourth-order valence-electron chi connectivity index (χ4n) is 4.05. The molecule has 1 fully saturated rings. The molecule has 0 N–H and O–H groups in total. The number of rotatable bonds is 5. The minimum absolute atomic E-state index is 0.321. The number of benzene rings is 1. The van der Waals surface area contributed by atoms with Crippen LogP contribution in [0.5, 0.6) is 5.75 Å². The molecule has 26 heavy (non-hydrogen) atoms. The van der Waals surface area contributed by atoms with Gasteiger partial charge in [0.15, 0.2) is 0 Å². The van der Waals surface area contributed by atoms with Crippen molar-refractivity contribution in [3.63, 3.8) is 0 Å². The highest BCUT2D eigenvalue weighted by Gasteiger charge is 2.25. The average molecular weight is 371 g/mol. The van der Waals surface area contributed by atoms with Crippen LogP contribution < -0.4 is 4.74 Å². The largest absolute Gasteiger partial charge is 0.497 e. The van der Waals surface area contributed by atoms with Crippen molar-refractivity contribution in [1.82, 2.24) is 9.88 Å². The van der Waals surface area contributed by atoms with Gasteiger partial charge in [-0.15, -0.1) is 11.3 Å². The van der Waals surface area contributed by atoms with Crippen molar-refractivity contribution in [3.05, 3.63) is 34.8 Å². The first-order chi connectivity index (χ1) is 12.7. The summed E-state index contributed by atoms with van der Waals surface area (Å²) in [6.07, 6.45) is 7.99. The van der Waals surface area contributed by atoms with E-state index in [1.165, 1.54) is 36.3 Å². The van der Waals surface area contributed by atoms with E-state index < -0.39 is 0 Å². The predicted molar refractivity (Wildman–Crippen MR) is 104 cm³/mol. The number of aromatic nitrogens is 1. The van der Waals surface area contributed by atoms with Crippen LogP contribution in [0.3, 0.4) is 0 Å². The number of fused-ring (bicyclic) bond motifs is 1. The molecule has 4 rings (SSSR count). The second-order valence-electron chi connectivity index (χ2n) is 7.37. The minimum Gasteiger partial charge on any atom is -0.497 e. The lowest BCUT2D eigenvalue weighted by molar-refractivity contribution is -0.132. The van der Waals surface area contributed by atoms with Crippen LogP contribution in [0.15, 0.2) is 24.3 Å². The molecule has 0 spiro atoms. The Bertz CT molecular complexity index is 763. The maximum atomic E-state index is 12.6. The third-order valence-electron chi connectivity index (χ3n) is 5.66. The van der Waals surface area contributed by atoms with E-state index in [1.54, 1.807) is 18.4 Å². The fraction of sp³-hybridized carbons (Fsp3) is 0.524. The molecule has 0 unspecified atom stereocenters. The number of hydrogen-bond donors (Lipinski definition) is 0. The van der Waals surface area contributed by atoms with Crippen LogP contribution in [0.25, 0.3) is 10.6 Å². The third kappa shape index (κ3) is 3.78. The van der Waals surface area contributed by atoms with Gasteiger partial charge in [-0.3, -0.25) is 4.79 Å². The molecule has 1 saturated carbocycles. The summed E-state index contributed by atoms with van der Waals surface area (Å²) < 4.78 is 5.23. The van der Waals surface area contributed by atoms with Gasteiger partial charge in [0.1, 0.15) is 10.8 Å². The number of ether oxygens (including phenoxy) is 1. The van der Waals surface area contributed by atoms with Crippen LogP contribution in [-0.4, -0.2) is 29.4 Å². The average Bonchev–Trinajstić information content (AvgIpc) is 3.35. The summed E-state index contributed by atoms with van der Waals surface area (Å²) in [5.74, 6) is 1.96. The van der Waals surface area contributed by atoms with E-state index in [-0.39, 0.29) is 0 Å². The van der Waals surface area contributed by atoms with Crippen LogP contribution in [0, 0.1) is 5.92 Å². The molecular formula is C21H26N2O2S. The first kappa shape index (κ1) is 17.5. The van der Waals surface area contributed by atoms with E-state index in [2.05, 4.69) is 0 Å². The van der Waals surface area contributed by atoms with E-state index in [9.17, 15) is 4.79 Å². The summed E-state index contributed by atoms with van der Waals surface area (Å²) in [6.45, 7) is 1.54. The van der Waals surface area contributed by atoms with Gasteiger partial charge in [0.05, 0.1) is 19.3 Å². The summed E-state index contributed by atoms with van der Waals surface area (Å²) in [5, 5.41) is 1.04. The van der Waals surface area contributed by atoms with Gasteiger partial charge in [0.25, 0.3) is 0 Å². The second-order valence-corrected chi connectivity index (χ2v) is 8.46. The molecule has 4 nitrogen and oxygen atoms in total. The zero-order chi connectivity index (χ0) is 17.9. The van der Waals surface area contributed by atoms with Gasteiger partial charge in [0.2, 0.25) is 5.91 Å². The smallest absolute Gasteiger partial charge is 0.222 e. The van der Waals surface area contributed by atoms with E-state index in [4.69, 9.17) is 9.72 Å². The lowest BCUT2D eigenvalue weighted by Crippen LogP contribution is -2.35. The number of amides is 1. The monoisotopic (exact) mass is 370 g/mol. The van der Waals surface area contributed by atoms with Crippen molar-refractivity contribution in [2.45, 2.75) is 51.5 Å². The Kier molecular flexibility index (Phi) is 5.25. The number of carbonyl (C=O) groups is 1. The summed E-state index contributed by atoms with van der Waals surface area (Å²) in [4.78, 5) is 20.7. The first-order valence-corrected chi connectivity index (χ1v) is 10.5. The van der Waals surface area contributed by atoms with E-state index in [0.29, 0.717) is 12.3 Å². The fourth-order valence-corrected chi connectivity index (χ4v) is 5.18. The van der Waals surface area contributed by atoms with Crippen LogP contribution in [0.1, 0.15) is 49.1 Å². The normalized spacial score (nSPS) is 17.3. The molecular weight excluding hydrogens is 344 g/mol. The topological polar surface area (TPSA) is 42.4 Å². The van der Waals surface area contributed by atoms with E-state index in [0.717, 1.165) is 48.2 Å². The molecule has 1 aliphatic carbocycles. The van der Waals surface area contributed by atoms with Crippen LogP contribution in [0.4, 0.5) is 0 Å². The Morgan fingerprint density at radius 2 is 2.04 bits per heavy atom. The maximum absolute atomic E-state index is 12.6. The third-order valence-corrected chi connectivity index (χ3v) is 6.79. The SMILES string of the molecule is COc1ccc(-c2nc3c(s2)CN(C(=O)CCC2CCCC2)CC3)cc1. The molecule has 2 aliphatic rings. The number of thiazole rings is 1. The highest BCUT2D eigenvalue weighted by molar-refractivity contribution is 7.15. The Balaban J connectivity index is 1.40. The molecule has 1 aromatic heterocycles. The zero-order valence-electron chi connectivity index (χ0n) is 15.4. The quantitative estimate of drug-likeness (QED) is 0.768. The van der Waals surface area contributed by atoms with Crippen molar-refractivity contribution in [1.29, 1.82) is 0 Å². The summed E-state index contributed by atoms with van der Waals surface area (Å²) in [5.41, 5.74) is 2.28. The summed E-state index contributed by atoms with van der Waals surface area (Å²) >= 11 is 1.72. The number of carbonyl (C=O) groups excluding carboxylic acids is 1. The molecule has 0 atom stereocenters. The highest BCUT2D eigenvalue weighted by Crippen LogP contribution is 2.33. The lowest BCUT2D eigenvalue weighted by atomic mass is 10.0. The van der Waals surface area contributed by atoms with Gasteiger partial charge in [-0.05, 0) is 36.6 Å². The molecule has 1 aromatic carbocycles. The Morgan fingerprint density at radius 3 is 2.77 bits per heavy atom. The van der Waals surface area contributed by atoms with Gasteiger partial charge in [0, 0.05) is 29.8 Å². The number of nitrogens with zero attached hydrogens (tertiary/aromatic N) is 2. The molecule has 2 aromatic rings. The van der Waals surface area contributed by atoms with Crippen LogP contribution in [0.2, 0.25) is 0 Å². The molecule has 0 saturated heterocycles. The lowest BCUT2D eigenvalue weighted by Gasteiger charge is -2.26. The van der Waals surface area contributed by atoms with Gasteiger partial charge in [-0.2, -0.15) is 0 Å². The zero-order valence-corrected chi connectivity index (χ0v) is 16.2. The van der Waals surface area contributed by atoms with Gasteiger partial charge in [-0.1, -0.05) is 25.7 Å². The summed E-state index contributed by atoms with van der Waals surface area (Å²) in [7, 11) is 1.68. The molecule has 1 amide bonds. The molecule has 0 radical (unpaired) electrons. The van der Waals surface area contributed by atoms with E-state index >= 15 is 0 Å². The van der Waals surface area contributed by atoms with Crippen molar-refractivity contribution >= 4 is 17.2 Å².